The van der Waals surface area contributed by atoms with Gasteiger partial charge >= 0.3 is 12.2 Å². The highest BCUT2D eigenvalue weighted by atomic mass is 19.4. The zero-order valence-electron chi connectivity index (χ0n) is 7.76. The summed E-state index contributed by atoms with van der Waals surface area (Å²) in [6.45, 7) is 0. The van der Waals surface area contributed by atoms with Crippen LogP contribution in [0.2, 0.25) is 0 Å². The molecule has 0 saturated carbocycles. The number of aldehydes is 1. The van der Waals surface area contributed by atoms with Gasteiger partial charge in [-0.15, -0.1) is 13.2 Å². The Morgan fingerprint density at radius 1 is 1.53 bits per heavy atom. The lowest BCUT2D eigenvalue weighted by atomic mass is 10.2. The van der Waals surface area contributed by atoms with E-state index in [1.54, 1.807) is 0 Å². The second-order valence-corrected chi connectivity index (χ2v) is 2.63. The predicted octanol–water partition coefficient (Wildman–Crippen LogP) is 1.41. The first-order valence-corrected chi connectivity index (χ1v) is 3.83. The number of carbonyl (C=O) groups is 1. The van der Waals surface area contributed by atoms with Crippen LogP contribution in [0, 0.1) is 10.1 Å². The van der Waals surface area contributed by atoms with Crippen molar-refractivity contribution in [1.29, 1.82) is 0 Å². The molecule has 0 bridgehead atoms. The molecule has 1 rings (SSSR count). The van der Waals surface area contributed by atoms with Crippen molar-refractivity contribution in [2.45, 2.75) is 6.36 Å². The Morgan fingerprint density at radius 3 is 2.53 bits per heavy atom. The van der Waals surface area contributed by atoms with Crippen LogP contribution in [0.3, 0.4) is 0 Å². The van der Waals surface area contributed by atoms with Crippen molar-refractivity contribution >= 4 is 12.1 Å². The second kappa shape index (κ2) is 4.23. The van der Waals surface area contributed by atoms with Crippen LogP contribution in [-0.4, -0.2) is 27.7 Å². The van der Waals surface area contributed by atoms with Gasteiger partial charge in [0.25, 0.3) is 0 Å². The van der Waals surface area contributed by atoms with E-state index < -0.39 is 34.2 Å². The van der Waals surface area contributed by atoms with Crippen LogP contribution in [0.5, 0.6) is 11.5 Å². The number of halogens is 3. The second-order valence-electron chi connectivity index (χ2n) is 2.63. The summed E-state index contributed by atoms with van der Waals surface area (Å²) in [5, 5.41) is 19.4. The van der Waals surface area contributed by atoms with Crippen LogP contribution in [0.15, 0.2) is 6.20 Å². The Labute approximate surface area is 90.6 Å². The zero-order valence-corrected chi connectivity index (χ0v) is 7.76. The SMILES string of the molecule is O=Cc1c(O)cnc([N+](=O)[O-])c1OC(F)(F)F. The molecule has 0 saturated heterocycles. The quantitative estimate of drug-likeness (QED) is 0.495. The lowest BCUT2D eigenvalue weighted by molar-refractivity contribution is -0.393. The number of aromatic hydroxyl groups is 1. The van der Waals surface area contributed by atoms with E-state index in [0.717, 1.165) is 0 Å². The fourth-order valence-corrected chi connectivity index (χ4v) is 0.948. The molecule has 0 aromatic carbocycles. The first-order valence-electron chi connectivity index (χ1n) is 3.83. The summed E-state index contributed by atoms with van der Waals surface area (Å²) in [7, 11) is 0. The highest BCUT2D eigenvalue weighted by Crippen LogP contribution is 2.36. The van der Waals surface area contributed by atoms with E-state index in [1.807, 2.05) is 0 Å². The zero-order chi connectivity index (χ0) is 13.2. The monoisotopic (exact) mass is 252 g/mol. The van der Waals surface area contributed by atoms with Crippen LogP contribution in [0.25, 0.3) is 0 Å². The molecule has 10 heteroatoms. The van der Waals surface area contributed by atoms with Gasteiger partial charge in [-0.25, -0.2) is 0 Å². The molecule has 0 unspecified atom stereocenters. The number of hydrogen-bond donors (Lipinski definition) is 1. The largest absolute Gasteiger partial charge is 0.573 e. The number of nitrogens with zero attached hydrogens (tertiary/aromatic N) is 2. The maximum Gasteiger partial charge on any atom is 0.573 e. The summed E-state index contributed by atoms with van der Waals surface area (Å²) in [5.74, 6) is -3.72. The van der Waals surface area contributed by atoms with Crippen LogP contribution in [-0.2, 0) is 0 Å². The van der Waals surface area contributed by atoms with Gasteiger partial charge < -0.3 is 20.0 Å². The van der Waals surface area contributed by atoms with Crippen molar-refractivity contribution in [3.8, 4) is 11.5 Å². The van der Waals surface area contributed by atoms with Crippen LogP contribution in [0.4, 0.5) is 19.0 Å². The van der Waals surface area contributed by atoms with Crippen LogP contribution < -0.4 is 4.74 Å². The molecule has 0 aliphatic heterocycles. The van der Waals surface area contributed by atoms with E-state index in [0.29, 0.717) is 6.20 Å². The minimum atomic E-state index is -5.25. The van der Waals surface area contributed by atoms with Crippen molar-refractivity contribution in [1.82, 2.24) is 4.98 Å². The van der Waals surface area contributed by atoms with E-state index in [4.69, 9.17) is 5.11 Å². The van der Waals surface area contributed by atoms with Gasteiger partial charge in [-0.05, 0) is 9.91 Å². The number of rotatable bonds is 3. The summed E-state index contributed by atoms with van der Waals surface area (Å²) in [5.41, 5.74) is -0.996. The number of aromatic nitrogens is 1. The van der Waals surface area contributed by atoms with Crippen molar-refractivity contribution < 1.29 is 32.7 Å². The molecule has 1 N–H and O–H groups in total. The molecular weight excluding hydrogens is 249 g/mol. The van der Waals surface area contributed by atoms with Crippen molar-refractivity contribution in [3.63, 3.8) is 0 Å². The van der Waals surface area contributed by atoms with Gasteiger partial charge in [0.2, 0.25) is 5.75 Å². The first-order chi connectivity index (χ1) is 7.76. The number of nitro groups is 1. The molecule has 1 heterocycles. The van der Waals surface area contributed by atoms with Crippen molar-refractivity contribution in [3.05, 3.63) is 21.9 Å². The van der Waals surface area contributed by atoms with Gasteiger partial charge in [0.1, 0.15) is 5.56 Å². The van der Waals surface area contributed by atoms with Crippen molar-refractivity contribution in [2.24, 2.45) is 0 Å². The number of ether oxygens (including phenoxy) is 1. The molecule has 1 aromatic rings. The van der Waals surface area contributed by atoms with E-state index in [-0.39, 0.29) is 6.29 Å². The van der Waals surface area contributed by atoms with E-state index >= 15 is 0 Å². The van der Waals surface area contributed by atoms with Gasteiger partial charge in [0.05, 0.1) is 0 Å². The molecule has 7 nitrogen and oxygen atoms in total. The van der Waals surface area contributed by atoms with Crippen LogP contribution in [0.1, 0.15) is 10.4 Å². The number of pyridine rings is 1. The van der Waals surface area contributed by atoms with E-state index in [2.05, 4.69) is 9.72 Å². The Balaban J connectivity index is 3.44. The smallest absolute Gasteiger partial charge is 0.504 e. The maximum absolute atomic E-state index is 12.0. The lowest BCUT2D eigenvalue weighted by Crippen LogP contribution is -2.19. The fourth-order valence-electron chi connectivity index (χ4n) is 0.948. The molecule has 0 amide bonds. The van der Waals surface area contributed by atoms with Crippen LogP contribution >= 0.6 is 0 Å². The summed E-state index contributed by atoms with van der Waals surface area (Å²) in [6, 6.07) is 0. The first kappa shape index (κ1) is 12.7. The molecule has 0 fully saturated rings. The Bertz CT molecular complexity index is 473. The number of carbonyl (C=O) groups excluding carboxylic acids is 1. The van der Waals surface area contributed by atoms with E-state index in [9.17, 15) is 28.1 Å². The lowest BCUT2D eigenvalue weighted by Gasteiger charge is -2.10. The minimum absolute atomic E-state index is 0.203. The summed E-state index contributed by atoms with van der Waals surface area (Å²) >= 11 is 0. The highest BCUT2D eigenvalue weighted by Gasteiger charge is 2.37. The Hall–Kier alpha value is -2.39. The number of alkyl halides is 3. The van der Waals surface area contributed by atoms with Crippen molar-refractivity contribution in [2.75, 3.05) is 0 Å². The third-order valence-electron chi connectivity index (χ3n) is 1.54. The summed E-state index contributed by atoms with van der Waals surface area (Å²) in [6.07, 6.45) is -4.98. The average Bonchev–Trinajstić information content (AvgIpc) is 2.15. The fraction of sp³-hybridized carbons (Fsp3) is 0.143. The Morgan fingerprint density at radius 2 is 2.12 bits per heavy atom. The molecule has 0 spiro atoms. The average molecular weight is 252 g/mol. The number of hydrogen-bond acceptors (Lipinski definition) is 6. The van der Waals surface area contributed by atoms with Gasteiger partial charge in [0, 0.05) is 0 Å². The molecular formula is C7H3F3N2O5. The molecule has 0 radical (unpaired) electrons. The van der Waals surface area contributed by atoms with Gasteiger partial charge in [-0.3, -0.25) is 4.79 Å². The predicted molar refractivity (Wildman–Crippen MR) is 44.6 cm³/mol. The molecule has 92 valence electrons. The third-order valence-corrected chi connectivity index (χ3v) is 1.54. The maximum atomic E-state index is 12.0. The van der Waals surface area contributed by atoms with Gasteiger partial charge in [-0.1, -0.05) is 0 Å². The summed E-state index contributed by atoms with van der Waals surface area (Å²) < 4.78 is 39.2. The third kappa shape index (κ3) is 2.80. The Kier molecular flexibility index (Phi) is 3.16. The highest BCUT2D eigenvalue weighted by molar-refractivity contribution is 5.85. The normalized spacial score (nSPS) is 11.0. The minimum Gasteiger partial charge on any atom is -0.504 e. The molecule has 0 atom stereocenters. The molecule has 0 aliphatic carbocycles. The molecule has 0 aliphatic rings. The molecule has 1 aromatic heterocycles. The van der Waals surface area contributed by atoms with Gasteiger partial charge in [-0.2, -0.15) is 0 Å². The molecule has 17 heavy (non-hydrogen) atoms. The summed E-state index contributed by atoms with van der Waals surface area (Å²) in [4.78, 5) is 22.5. The topological polar surface area (TPSA) is 103 Å². The standard InChI is InChI=1S/C7H3F3N2O5/c8-7(9,10)17-5-3(2-13)4(14)1-11-6(5)12(15)16/h1-2,14H. The van der Waals surface area contributed by atoms with Gasteiger partial charge in [0.15, 0.2) is 18.2 Å². The van der Waals surface area contributed by atoms with E-state index in [1.165, 1.54) is 0 Å².